The second kappa shape index (κ2) is 5.43. The number of aromatic nitrogens is 1. The molecule has 1 N–H and O–H groups in total. The largest absolute Gasteiger partial charge is 0.361 e. The summed E-state index contributed by atoms with van der Waals surface area (Å²) in [4.78, 5) is 4.86. The summed E-state index contributed by atoms with van der Waals surface area (Å²) in [7, 11) is 0. The lowest BCUT2D eigenvalue weighted by Crippen LogP contribution is -2.45. The van der Waals surface area contributed by atoms with Gasteiger partial charge in [-0.2, -0.15) is 0 Å². The lowest BCUT2D eigenvalue weighted by molar-refractivity contribution is 0.303. The number of hydrogen-bond acceptors (Lipinski definition) is 4. The zero-order valence-electron chi connectivity index (χ0n) is 12.5. The first kappa shape index (κ1) is 14.0. The van der Waals surface area contributed by atoms with Gasteiger partial charge in [-0.3, -0.25) is 4.99 Å². The molecule has 2 aliphatic rings. The zero-order valence-corrected chi connectivity index (χ0v) is 13.3. The maximum absolute atomic E-state index is 5.24. The van der Waals surface area contributed by atoms with E-state index in [1.165, 1.54) is 37.9 Å². The van der Waals surface area contributed by atoms with Gasteiger partial charge in [0.1, 0.15) is 5.76 Å². The molecule has 4 nitrogen and oxygen atoms in total. The van der Waals surface area contributed by atoms with E-state index in [1.54, 1.807) is 0 Å². The lowest BCUT2D eigenvalue weighted by Gasteiger charge is -2.32. The van der Waals surface area contributed by atoms with E-state index < -0.39 is 0 Å². The first-order chi connectivity index (χ1) is 9.60. The molecule has 0 aromatic carbocycles. The molecule has 2 fully saturated rings. The molecular weight excluding hydrogens is 270 g/mol. The van der Waals surface area contributed by atoms with Crippen LogP contribution in [0.5, 0.6) is 0 Å². The van der Waals surface area contributed by atoms with Gasteiger partial charge >= 0.3 is 0 Å². The van der Waals surface area contributed by atoms with Gasteiger partial charge in [0, 0.05) is 16.9 Å². The molecule has 1 aromatic heterocycles. The molecule has 0 bridgehead atoms. The number of amidine groups is 1. The fourth-order valence-electron chi connectivity index (χ4n) is 3.40. The molecule has 3 rings (SSSR count). The Bertz CT molecular complexity index is 498. The van der Waals surface area contributed by atoms with Crippen LogP contribution in [-0.4, -0.2) is 21.6 Å². The lowest BCUT2D eigenvalue weighted by atomic mass is 9.83. The number of nitrogens with zero attached hydrogens (tertiary/aromatic N) is 2. The van der Waals surface area contributed by atoms with Gasteiger partial charge in [-0.05, 0) is 33.6 Å². The summed E-state index contributed by atoms with van der Waals surface area (Å²) in [6, 6.07) is 0.106. The minimum Gasteiger partial charge on any atom is -0.361 e. The van der Waals surface area contributed by atoms with Crippen LogP contribution in [0, 0.1) is 13.8 Å². The number of thioether (sulfide) groups is 1. The van der Waals surface area contributed by atoms with Crippen molar-refractivity contribution in [1.82, 2.24) is 10.5 Å². The second-order valence-corrected chi connectivity index (χ2v) is 7.07. The molecule has 1 spiro atoms. The second-order valence-electron chi connectivity index (χ2n) is 6.10. The van der Waals surface area contributed by atoms with E-state index >= 15 is 0 Å². The average molecular weight is 293 g/mol. The van der Waals surface area contributed by atoms with Crippen LogP contribution in [0.2, 0.25) is 0 Å². The van der Waals surface area contributed by atoms with E-state index in [9.17, 15) is 0 Å². The van der Waals surface area contributed by atoms with E-state index in [-0.39, 0.29) is 6.04 Å². The summed E-state index contributed by atoms with van der Waals surface area (Å²) in [5.74, 6) is 2.05. The van der Waals surface area contributed by atoms with E-state index in [2.05, 4.69) is 17.4 Å². The Morgan fingerprint density at radius 2 is 2.05 bits per heavy atom. The van der Waals surface area contributed by atoms with Crippen LogP contribution in [0.25, 0.3) is 0 Å². The average Bonchev–Trinajstić information content (AvgIpc) is 2.95. The molecule has 1 aliphatic heterocycles. The zero-order chi connectivity index (χ0) is 14.2. The van der Waals surface area contributed by atoms with Gasteiger partial charge in [0.2, 0.25) is 0 Å². The fraction of sp³-hybridized carbons (Fsp3) is 0.733. The van der Waals surface area contributed by atoms with Gasteiger partial charge in [0.25, 0.3) is 0 Å². The van der Waals surface area contributed by atoms with Crippen molar-refractivity contribution in [1.29, 1.82) is 0 Å². The summed E-state index contributed by atoms with van der Waals surface area (Å²) in [5.41, 5.74) is 2.40. The van der Waals surface area contributed by atoms with Gasteiger partial charge in [-0.1, -0.05) is 36.2 Å². The number of nitrogens with one attached hydrogen (secondary N) is 1. The maximum atomic E-state index is 5.24. The Labute approximate surface area is 124 Å². The molecule has 1 saturated heterocycles. The topological polar surface area (TPSA) is 50.4 Å². The minimum absolute atomic E-state index is 0.106. The third-order valence-corrected chi connectivity index (χ3v) is 5.66. The molecule has 0 radical (unpaired) electrons. The normalized spacial score (nSPS) is 25.1. The number of rotatable bonds is 2. The molecule has 1 aliphatic carbocycles. The van der Waals surface area contributed by atoms with Crippen LogP contribution in [0.15, 0.2) is 9.52 Å². The van der Waals surface area contributed by atoms with Crippen molar-refractivity contribution < 1.29 is 4.52 Å². The molecule has 110 valence electrons. The van der Waals surface area contributed by atoms with E-state index in [1.807, 2.05) is 25.6 Å². The highest BCUT2D eigenvalue weighted by atomic mass is 32.2. The quantitative estimate of drug-likeness (QED) is 0.902. The summed E-state index contributed by atoms with van der Waals surface area (Å²) in [6.07, 6.45) is 6.66. The van der Waals surface area contributed by atoms with E-state index in [0.29, 0.717) is 5.54 Å². The smallest absolute Gasteiger partial charge is 0.157 e. The van der Waals surface area contributed by atoms with Gasteiger partial charge < -0.3 is 9.84 Å². The van der Waals surface area contributed by atoms with Gasteiger partial charge in [0.15, 0.2) is 5.17 Å². The molecule has 20 heavy (non-hydrogen) atoms. The highest BCUT2D eigenvalue weighted by Crippen LogP contribution is 2.37. The SMILES string of the molecule is Cc1noc(C)c1C(C)N=C1NC2(CCCCC2)CS1. The molecular formula is C15H23N3OS. The molecule has 1 unspecified atom stereocenters. The number of aryl methyl sites for hydroxylation is 2. The molecule has 5 heteroatoms. The van der Waals surface area contributed by atoms with Crippen LogP contribution in [0.1, 0.15) is 62.1 Å². The van der Waals surface area contributed by atoms with Crippen LogP contribution in [0.4, 0.5) is 0 Å². The Balaban J connectivity index is 1.74. The Morgan fingerprint density at radius 3 is 2.70 bits per heavy atom. The van der Waals surface area contributed by atoms with Gasteiger partial charge in [-0.25, -0.2) is 0 Å². The van der Waals surface area contributed by atoms with Crippen molar-refractivity contribution in [2.75, 3.05) is 5.75 Å². The van der Waals surface area contributed by atoms with Crippen LogP contribution in [0.3, 0.4) is 0 Å². The van der Waals surface area contributed by atoms with Crippen molar-refractivity contribution >= 4 is 16.9 Å². The monoisotopic (exact) mass is 293 g/mol. The van der Waals surface area contributed by atoms with Gasteiger partial charge in [0.05, 0.1) is 11.7 Å². The minimum atomic E-state index is 0.106. The Kier molecular flexibility index (Phi) is 3.80. The maximum Gasteiger partial charge on any atom is 0.157 e. The standard InChI is InChI=1S/C15H23N3OS/c1-10(13-11(2)18-19-12(13)3)16-14-17-15(9-20-14)7-5-4-6-8-15/h10H,4-9H2,1-3H3,(H,16,17). The molecule has 2 heterocycles. The molecule has 0 amide bonds. The van der Waals surface area contributed by atoms with Crippen molar-refractivity contribution in [3.05, 3.63) is 17.0 Å². The molecule has 1 saturated carbocycles. The fourth-order valence-corrected chi connectivity index (χ4v) is 4.70. The van der Waals surface area contributed by atoms with Gasteiger partial charge in [-0.15, -0.1) is 0 Å². The van der Waals surface area contributed by atoms with Crippen molar-refractivity contribution in [3.8, 4) is 0 Å². The number of hydrogen-bond donors (Lipinski definition) is 1. The summed E-state index contributed by atoms with van der Waals surface area (Å²) in [5, 5.41) is 8.82. The summed E-state index contributed by atoms with van der Waals surface area (Å²) in [6.45, 7) is 6.07. The highest BCUT2D eigenvalue weighted by Gasteiger charge is 2.38. The molecule has 1 aromatic rings. The van der Waals surface area contributed by atoms with E-state index in [0.717, 1.165) is 22.2 Å². The van der Waals surface area contributed by atoms with Crippen LogP contribution >= 0.6 is 11.8 Å². The Morgan fingerprint density at radius 1 is 1.30 bits per heavy atom. The molecule has 1 atom stereocenters. The van der Waals surface area contributed by atoms with Crippen molar-refractivity contribution in [3.63, 3.8) is 0 Å². The third kappa shape index (κ3) is 2.60. The number of aliphatic imine (C=N–C) groups is 1. The summed E-state index contributed by atoms with van der Waals surface area (Å²) < 4.78 is 5.24. The van der Waals surface area contributed by atoms with Crippen LogP contribution in [-0.2, 0) is 0 Å². The Hall–Kier alpha value is -0.970. The van der Waals surface area contributed by atoms with Crippen molar-refractivity contribution in [2.45, 2.75) is 64.5 Å². The van der Waals surface area contributed by atoms with Crippen LogP contribution < -0.4 is 5.32 Å². The summed E-state index contributed by atoms with van der Waals surface area (Å²) >= 11 is 1.87. The first-order valence-corrected chi connectivity index (χ1v) is 8.50. The first-order valence-electron chi connectivity index (χ1n) is 7.51. The highest BCUT2D eigenvalue weighted by molar-refractivity contribution is 8.14. The van der Waals surface area contributed by atoms with E-state index in [4.69, 9.17) is 9.52 Å². The predicted molar refractivity (Wildman–Crippen MR) is 83.2 cm³/mol. The third-order valence-electron chi connectivity index (χ3n) is 4.49. The predicted octanol–water partition coefficient (Wildman–Crippen LogP) is 3.75. The van der Waals surface area contributed by atoms with Crippen molar-refractivity contribution in [2.24, 2.45) is 4.99 Å².